The zero-order valence-electron chi connectivity index (χ0n) is 13.7. The minimum atomic E-state index is -0.514. The molecule has 2 aromatic rings. The van der Waals surface area contributed by atoms with Gasteiger partial charge in [-0.25, -0.2) is 4.98 Å². The summed E-state index contributed by atoms with van der Waals surface area (Å²) in [5.74, 6) is -0.670. The van der Waals surface area contributed by atoms with Crippen LogP contribution in [0.1, 0.15) is 24.7 Å². The second kappa shape index (κ2) is 8.33. The van der Waals surface area contributed by atoms with Gasteiger partial charge in [-0.3, -0.25) is 24.4 Å². The van der Waals surface area contributed by atoms with Gasteiger partial charge in [0.2, 0.25) is 5.91 Å². The molecule has 2 rings (SSSR count). The maximum absolute atomic E-state index is 12.0. The van der Waals surface area contributed by atoms with Crippen molar-refractivity contribution in [2.75, 3.05) is 11.9 Å². The number of carbonyl (C=O) groups excluding carboxylic acids is 2. The summed E-state index contributed by atoms with van der Waals surface area (Å²) in [5, 5.41) is 19.4. The normalized spacial score (nSPS) is 10.5. The Kier molecular flexibility index (Phi) is 6.17. The van der Waals surface area contributed by atoms with Crippen LogP contribution in [0.4, 0.5) is 10.8 Å². The van der Waals surface area contributed by atoms with Gasteiger partial charge in [-0.15, -0.1) is 11.3 Å². The smallest absolute Gasteiger partial charge is 0.311 e. The van der Waals surface area contributed by atoms with Gasteiger partial charge in [-0.2, -0.15) is 5.10 Å². The second-order valence-corrected chi connectivity index (χ2v) is 5.88. The van der Waals surface area contributed by atoms with Gasteiger partial charge in [-0.1, -0.05) is 0 Å². The molecular formula is C14H17N5O5S. The van der Waals surface area contributed by atoms with E-state index in [0.717, 1.165) is 6.20 Å². The van der Waals surface area contributed by atoms with Gasteiger partial charge in [0.25, 0.3) is 0 Å². The molecule has 0 aliphatic rings. The number of ether oxygens (including phenoxy) is 1. The van der Waals surface area contributed by atoms with Crippen molar-refractivity contribution in [3.05, 3.63) is 33.1 Å². The fourth-order valence-corrected chi connectivity index (χ4v) is 2.76. The highest BCUT2D eigenvalue weighted by atomic mass is 32.1. The summed E-state index contributed by atoms with van der Waals surface area (Å²) < 4.78 is 6.24. The Morgan fingerprint density at radius 3 is 2.88 bits per heavy atom. The molecule has 0 saturated heterocycles. The highest BCUT2D eigenvalue weighted by Gasteiger charge is 2.17. The van der Waals surface area contributed by atoms with E-state index in [1.54, 1.807) is 19.2 Å². The first-order valence-electron chi connectivity index (χ1n) is 7.47. The average molecular weight is 367 g/mol. The van der Waals surface area contributed by atoms with E-state index in [0.29, 0.717) is 23.1 Å². The first kappa shape index (κ1) is 18.5. The summed E-state index contributed by atoms with van der Waals surface area (Å²) in [7, 11) is 0. The number of esters is 1. The van der Waals surface area contributed by atoms with Crippen LogP contribution in [0.3, 0.4) is 0 Å². The number of aryl methyl sites for hydroxylation is 1. The number of thiazole rings is 1. The molecule has 10 nitrogen and oxygen atoms in total. The van der Waals surface area contributed by atoms with Crippen molar-refractivity contribution in [3.63, 3.8) is 0 Å². The largest absolute Gasteiger partial charge is 0.466 e. The Balaban J connectivity index is 1.85. The van der Waals surface area contributed by atoms with E-state index in [1.165, 1.54) is 16.0 Å². The van der Waals surface area contributed by atoms with Gasteiger partial charge in [0, 0.05) is 11.8 Å². The van der Waals surface area contributed by atoms with Crippen molar-refractivity contribution in [2.24, 2.45) is 0 Å². The van der Waals surface area contributed by atoms with E-state index in [-0.39, 0.29) is 37.0 Å². The van der Waals surface area contributed by atoms with Crippen LogP contribution >= 0.6 is 11.3 Å². The minimum Gasteiger partial charge on any atom is -0.466 e. The van der Waals surface area contributed by atoms with Crippen LogP contribution in [-0.4, -0.2) is 38.2 Å². The fraction of sp³-hybridized carbons (Fsp3) is 0.429. The molecule has 134 valence electrons. The van der Waals surface area contributed by atoms with Gasteiger partial charge in [0.1, 0.15) is 11.9 Å². The maximum Gasteiger partial charge on any atom is 0.311 e. The molecule has 0 aromatic carbocycles. The van der Waals surface area contributed by atoms with Crippen LogP contribution in [0, 0.1) is 17.0 Å². The van der Waals surface area contributed by atoms with E-state index in [9.17, 15) is 19.7 Å². The van der Waals surface area contributed by atoms with Crippen LogP contribution in [0.5, 0.6) is 0 Å². The molecule has 0 aliphatic heterocycles. The topological polar surface area (TPSA) is 129 Å². The van der Waals surface area contributed by atoms with E-state index < -0.39 is 4.92 Å². The van der Waals surface area contributed by atoms with Crippen molar-refractivity contribution < 1.29 is 19.2 Å². The maximum atomic E-state index is 12.0. The summed E-state index contributed by atoms with van der Waals surface area (Å²) in [6, 6.07) is 0. The number of nitrogens with one attached hydrogen (secondary N) is 1. The Labute approximate surface area is 147 Å². The molecule has 0 fully saturated rings. The third-order valence-corrected chi connectivity index (χ3v) is 4.06. The molecular weight excluding hydrogens is 350 g/mol. The van der Waals surface area contributed by atoms with Crippen molar-refractivity contribution in [3.8, 4) is 0 Å². The Hall–Kier alpha value is -2.82. The lowest BCUT2D eigenvalue weighted by Gasteiger charge is -2.04. The quantitative estimate of drug-likeness (QED) is 0.427. The van der Waals surface area contributed by atoms with Gasteiger partial charge >= 0.3 is 11.7 Å². The van der Waals surface area contributed by atoms with Crippen molar-refractivity contribution in [1.82, 2.24) is 14.8 Å². The van der Waals surface area contributed by atoms with E-state index >= 15 is 0 Å². The SMILES string of the molecule is CCOC(=O)Cc1csc(NC(=O)CCn2ncc([N+](=O)[O-])c2C)n1. The second-order valence-electron chi connectivity index (χ2n) is 5.02. The monoisotopic (exact) mass is 367 g/mol. The molecule has 0 bridgehead atoms. The number of carbonyl (C=O) groups is 2. The van der Waals surface area contributed by atoms with E-state index in [4.69, 9.17) is 4.74 Å². The van der Waals surface area contributed by atoms with Gasteiger partial charge in [0.15, 0.2) is 5.13 Å². The molecule has 2 heterocycles. The number of amides is 1. The third kappa shape index (κ3) is 5.08. The summed E-state index contributed by atoms with van der Waals surface area (Å²) in [5.41, 5.74) is 0.838. The van der Waals surface area contributed by atoms with Crippen LogP contribution in [0.25, 0.3) is 0 Å². The molecule has 0 saturated carbocycles. The van der Waals surface area contributed by atoms with Crippen LogP contribution in [-0.2, 0) is 27.3 Å². The number of nitrogens with zero attached hydrogens (tertiary/aromatic N) is 4. The number of hydrogen-bond donors (Lipinski definition) is 1. The third-order valence-electron chi connectivity index (χ3n) is 3.25. The number of rotatable bonds is 8. The Morgan fingerprint density at radius 2 is 2.24 bits per heavy atom. The first-order chi connectivity index (χ1) is 11.9. The van der Waals surface area contributed by atoms with E-state index in [2.05, 4.69) is 15.4 Å². The van der Waals surface area contributed by atoms with Crippen LogP contribution in [0.2, 0.25) is 0 Å². The lowest BCUT2D eigenvalue weighted by molar-refractivity contribution is -0.385. The molecule has 11 heteroatoms. The summed E-state index contributed by atoms with van der Waals surface area (Å²) in [4.78, 5) is 37.7. The molecule has 0 atom stereocenters. The summed E-state index contributed by atoms with van der Waals surface area (Å²) >= 11 is 1.21. The molecule has 0 radical (unpaired) electrons. The molecule has 0 aliphatic carbocycles. The summed E-state index contributed by atoms with van der Waals surface area (Å²) in [6.45, 7) is 3.82. The zero-order valence-corrected chi connectivity index (χ0v) is 14.5. The molecule has 1 N–H and O–H groups in total. The lowest BCUT2D eigenvalue weighted by atomic mass is 10.3. The standard InChI is InChI=1S/C14H17N5O5S/c1-3-24-13(21)6-10-8-25-14(16-10)17-12(20)4-5-18-9(2)11(7-15-18)19(22)23/h7-8H,3-6H2,1-2H3,(H,16,17,20). The van der Waals surface area contributed by atoms with Crippen molar-refractivity contribution in [2.45, 2.75) is 33.2 Å². The fourth-order valence-electron chi connectivity index (χ4n) is 2.04. The Morgan fingerprint density at radius 1 is 1.48 bits per heavy atom. The predicted molar refractivity (Wildman–Crippen MR) is 89.3 cm³/mol. The van der Waals surface area contributed by atoms with Gasteiger partial charge in [-0.05, 0) is 13.8 Å². The number of hydrogen-bond acceptors (Lipinski definition) is 8. The lowest BCUT2D eigenvalue weighted by Crippen LogP contribution is -2.15. The number of aromatic nitrogens is 3. The first-order valence-corrected chi connectivity index (χ1v) is 8.35. The minimum absolute atomic E-state index is 0.0519. The summed E-state index contributed by atoms with van der Waals surface area (Å²) in [6.07, 6.45) is 1.30. The molecule has 0 spiro atoms. The van der Waals surface area contributed by atoms with Crippen LogP contribution < -0.4 is 5.32 Å². The van der Waals surface area contributed by atoms with Gasteiger partial charge in [0.05, 0.1) is 30.2 Å². The van der Waals surface area contributed by atoms with Gasteiger partial charge < -0.3 is 10.1 Å². The highest BCUT2D eigenvalue weighted by Crippen LogP contribution is 2.18. The zero-order chi connectivity index (χ0) is 18.4. The molecule has 2 aromatic heterocycles. The number of anilines is 1. The van der Waals surface area contributed by atoms with Crippen LogP contribution in [0.15, 0.2) is 11.6 Å². The molecule has 25 heavy (non-hydrogen) atoms. The average Bonchev–Trinajstić information content (AvgIpc) is 3.12. The van der Waals surface area contributed by atoms with Crippen molar-refractivity contribution in [1.29, 1.82) is 0 Å². The molecule has 1 amide bonds. The van der Waals surface area contributed by atoms with E-state index in [1.807, 2.05) is 0 Å². The Bertz CT molecular complexity index is 784. The molecule has 0 unspecified atom stereocenters. The number of nitro groups is 1. The predicted octanol–water partition coefficient (Wildman–Crippen LogP) is 1.69. The highest BCUT2D eigenvalue weighted by molar-refractivity contribution is 7.13. The van der Waals surface area contributed by atoms with Crippen molar-refractivity contribution >= 4 is 34.0 Å².